The second-order valence-electron chi connectivity index (χ2n) is 6.61. The molecule has 1 aliphatic heterocycles. The standard InChI is InChI=1S/C20H22FNO2/c1-13-9-14(2)11-16(10-13)19(15-5-3-6-17(21)12-15)22-8-4-7-18(22)20(23)24/h3,5-6,9-12,18-19H,4,7-8H2,1-2H3,(H,23,24). The van der Waals surface area contributed by atoms with Gasteiger partial charge in [0.15, 0.2) is 0 Å². The highest BCUT2D eigenvalue weighted by Crippen LogP contribution is 2.35. The lowest BCUT2D eigenvalue weighted by molar-refractivity contribution is -0.142. The van der Waals surface area contributed by atoms with Crippen molar-refractivity contribution in [2.45, 2.75) is 38.8 Å². The van der Waals surface area contributed by atoms with E-state index in [0.29, 0.717) is 13.0 Å². The van der Waals surface area contributed by atoms with E-state index in [2.05, 4.69) is 18.2 Å². The Kier molecular flexibility index (Phi) is 4.67. The Morgan fingerprint density at radius 1 is 1.17 bits per heavy atom. The van der Waals surface area contributed by atoms with Gasteiger partial charge in [0.1, 0.15) is 11.9 Å². The van der Waals surface area contributed by atoms with Gasteiger partial charge in [0.25, 0.3) is 0 Å². The molecule has 2 aromatic rings. The fourth-order valence-electron chi connectivity index (χ4n) is 3.78. The van der Waals surface area contributed by atoms with Crippen LogP contribution in [0.2, 0.25) is 0 Å². The van der Waals surface area contributed by atoms with Crippen LogP contribution in [0.3, 0.4) is 0 Å². The van der Waals surface area contributed by atoms with Gasteiger partial charge in [-0.05, 0) is 49.9 Å². The van der Waals surface area contributed by atoms with Crippen molar-refractivity contribution in [3.63, 3.8) is 0 Å². The fraction of sp³-hybridized carbons (Fsp3) is 0.350. The molecule has 126 valence electrons. The predicted molar refractivity (Wildman–Crippen MR) is 91.5 cm³/mol. The topological polar surface area (TPSA) is 40.5 Å². The van der Waals surface area contributed by atoms with Crippen molar-refractivity contribution < 1.29 is 14.3 Å². The molecule has 1 aliphatic rings. The lowest BCUT2D eigenvalue weighted by atomic mass is 9.93. The zero-order valence-electron chi connectivity index (χ0n) is 14.0. The van der Waals surface area contributed by atoms with E-state index in [1.165, 1.54) is 12.1 Å². The van der Waals surface area contributed by atoms with Crippen LogP contribution in [0.15, 0.2) is 42.5 Å². The maximum absolute atomic E-state index is 13.8. The minimum Gasteiger partial charge on any atom is -0.480 e. The van der Waals surface area contributed by atoms with E-state index in [4.69, 9.17) is 0 Å². The van der Waals surface area contributed by atoms with E-state index in [1.807, 2.05) is 24.8 Å². The number of nitrogens with zero attached hydrogens (tertiary/aromatic N) is 1. The number of aliphatic carboxylic acids is 1. The third-order valence-electron chi connectivity index (χ3n) is 4.64. The van der Waals surface area contributed by atoms with Crippen LogP contribution in [0.5, 0.6) is 0 Å². The third-order valence-corrected chi connectivity index (χ3v) is 4.64. The molecule has 0 radical (unpaired) electrons. The maximum atomic E-state index is 13.8. The zero-order chi connectivity index (χ0) is 17.3. The first-order valence-electron chi connectivity index (χ1n) is 8.28. The SMILES string of the molecule is Cc1cc(C)cc(C(c2cccc(F)c2)N2CCCC2C(=O)O)c1. The van der Waals surface area contributed by atoms with Crippen molar-refractivity contribution >= 4 is 5.97 Å². The molecule has 1 N–H and O–H groups in total. The van der Waals surface area contributed by atoms with Gasteiger partial charge in [0.2, 0.25) is 0 Å². The second kappa shape index (κ2) is 6.73. The molecule has 0 aromatic heterocycles. The average molecular weight is 327 g/mol. The van der Waals surface area contributed by atoms with Gasteiger partial charge in [-0.1, -0.05) is 41.5 Å². The van der Waals surface area contributed by atoms with Gasteiger partial charge in [0.05, 0.1) is 6.04 Å². The quantitative estimate of drug-likeness (QED) is 0.920. The molecule has 0 spiro atoms. The lowest BCUT2D eigenvalue weighted by Crippen LogP contribution is -2.39. The van der Waals surface area contributed by atoms with E-state index < -0.39 is 12.0 Å². The molecule has 3 rings (SSSR count). The van der Waals surface area contributed by atoms with Crippen LogP contribution in [0, 0.1) is 19.7 Å². The van der Waals surface area contributed by atoms with Crippen molar-refractivity contribution in [2.24, 2.45) is 0 Å². The van der Waals surface area contributed by atoms with Crippen LogP contribution in [0.1, 0.15) is 41.1 Å². The summed E-state index contributed by atoms with van der Waals surface area (Å²) >= 11 is 0. The van der Waals surface area contributed by atoms with Gasteiger partial charge >= 0.3 is 5.97 Å². The van der Waals surface area contributed by atoms with E-state index in [-0.39, 0.29) is 11.9 Å². The van der Waals surface area contributed by atoms with E-state index >= 15 is 0 Å². The molecule has 1 heterocycles. The molecule has 24 heavy (non-hydrogen) atoms. The normalized spacial score (nSPS) is 19.4. The Balaban J connectivity index is 2.12. The fourth-order valence-corrected chi connectivity index (χ4v) is 3.78. The Hall–Kier alpha value is -2.20. The summed E-state index contributed by atoms with van der Waals surface area (Å²) in [6, 6.07) is 11.9. The summed E-state index contributed by atoms with van der Waals surface area (Å²) in [4.78, 5) is 13.7. The van der Waals surface area contributed by atoms with Crippen LogP contribution in [0.4, 0.5) is 4.39 Å². The van der Waals surface area contributed by atoms with Crippen LogP contribution < -0.4 is 0 Å². The van der Waals surface area contributed by atoms with Gasteiger partial charge in [0, 0.05) is 6.54 Å². The summed E-state index contributed by atoms with van der Waals surface area (Å²) in [7, 11) is 0. The van der Waals surface area contributed by atoms with Crippen molar-refractivity contribution in [1.82, 2.24) is 4.90 Å². The number of halogens is 1. The Labute approximate surface area is 141 Å². The monoisotopic (exact) mass is 327 g/mol. The molecule has 2 unspecified atom stereocenters. The number of carbonyl (C=O) groups is 1. The smallest absolute Gasteiger partial charge is 0.320 e. The molecule has 0 amide bonds. The minimum absolute atomic E-state index is 0.247. The van der Waals surface area contributed by atoms with E-state index in [9.17, 15) is 14.3 Å². The Morgan fingerprint density at radius 2 is 1.88 bits per heavy atom. The Bertz CT molecular complexity index is 739. The lowest BCUT2D eigenvalue weighted by Gasteiger charge is -2.32. The van der Waals surface area contributed by atoms with Crippen LogP contribution in [-0.2, 0) is 4.79 Å². The van der Waals surface area contributed by atoms with Crippen molar-refractivity contribution in [3.05, 3.63) is 70.5 Å². The van der Waals surface area contributed by atoms with Gasteiger partial charge in [-0.25, -0.2) is 4.39 Å². The second-order valence-corrected chi connectivity index (χ2v) is 6.61. The van der Waals surface area contributed by atoms with Gasteiger partial charge in [-0.15, -0.1) is 0 Å². The van der Waals surface area contributed by atoms with Crippen LogP contribution in [0.25, 0.3) is 0 Å². The first-order valence-corrected chi connectivity index (χ1v) is 8.28. The third kappa shape index (κ3) is 3.34. The molecular formula is C20H22FNO2. The van der Waals surface area contributed by atoms with Gasteiger partial charge < -0.3 is 5.11 Å². The number of rotatable bonds is 4. The summed E-state index contributed by atoms with van der Waals surface area (Å²) in [5, 5.41) is 9.57. The first kappa shape index (κ1) is 16.7. The molecule has 0 saturated carbocycles. The predicted octanol–water partition coefficient (Wildman–Crippen LogP) is 4.08. The number of likely N-dealkylation sites (tertiary alicyclic amines) is 1. The van der Waals surface area contributed by atoms with Crippen molar-refractivity contribution in [2.75, 3.05) is 6.54 Å². The molecule has 1 saturated heterocycles. The number of hydrogen-bond acceptors (Lipinski definition) is 2. The highest BCUT2D eigenvalue weighted by atomic mass is 19.1. The number of aryl methyl sites for hydroxylation is 2. The Morgan fingerprint density at radius 3 is 2.50 bits per heavy atom. The summed E-state index contributed by atoms with van der Waals surface area (Å²) in [6.07, 6.45) is 1.47. The average Bonchev–Trinajstić information content (AvgIpc) is 2.96. The summed E-state index contributed by atoms with van der Waals surface area (Å²) < 4.78 is 13.8. The van der Waals surface area contributed by atoms with E-state index in [1.54, 1.807) is 6.07 Å². The van der Waals surface area contributed by atoms with Crippen LogP contribution >= 0.6 is 0 Å². The number of carboxylic acid groups (broad SMARTS) is 1. The minimum atomic E-state index is -0.807. The molecule has 2 aromatic carbocycles. The maximum Gasteiger partial charge on any atom is 0.320 e. The number of hydrogen-bond donors (Lipinski definition) is 1. The van der Waals surface area contributed by atoms with Crippen molar-refractivity contribution in [3.8, 4) is 0 Å². The molecule has 3 nitrogen and oxygen atoms in total. The summed E-state index contributed by atoms with van der Waals surface area (Å²) in [5.74, 6) is -1.11. The van der Waals surface area contributed by atoms with E-state index in [0.717, 1.165) is 28.7 Å². The molecule has 4 heteroatoms. The molecule has 0 bridgehead atoms. The molecular weight excluding hydrogens is 305 g/mol. The highest BCUT2D eigenvalue weighted by Gasteiger charge is 2.37. The summed E-state index contributed by atoms with van der Waals surface area (Å²) in [5.41, 5.74) is 4.06. The first-order chi connectivity index (χ1) is 11.5. The number of carboxylic acids is 1. The van der Waals surface area contributed by atoms with Crippen LogP contribution in [-0.4, -0.2) is 28.6 Å². The molecule has 2 atom stereocenters. The van der Waals surface area contributed by atoms with Crippen molar-refractivity contribution in [1.29, 1.82) is 0 Å². The summed E-state index contributed by atoms with van der Waals surface area (Å²) in [6.45, 7) is 4.75. The zero-order valence-corrected chi connectivity index (χ0v) is 14.0. The molecule has 0 aliphatic carbocycles. The number of benzene rings is 2. The molecule has 1 fully saturated rings. The van der Waals surface area contributed by atoms with Gasteiger partial charge in [-0.3, -0.25) is 9.69 Å². The largest absolute Gasteiger partial charge is 0.480 e. The highest BCUT2D eigenvalue weighted by molar-refractivity contribution is 5.74. The van der Waals surface area contributed by atoms with Gasteiger partial charge in [-0.2, -0.15) is 0 Å².